The number of carbonyl (C=O) groups excluding carboxylic acids is 1. The Morgan fingerprint density at radius 2 is 1.68 bits per heavy atom. The Labute approximate surface area is 120 Å². The van der Waals surface area contributed by atoms with Crippen molar-refractivity contribution < 1.29 is 4.79 Å². The predicted molar refractivity (Wildman–Crippen MR) is 83.5 cm³/mol. The van der Waals surface area contributed by atoms with Crippen LogP contribution in [0.1, 0.15) is 15.9 Å². The van der Waals surface area contributed by atoms with Gasteiger partial charge in [-0.15, -0.1) is 23.1 Å². The Bertz CT molecular complexity index is 729. The molecule has 0 aliphatic carbocycles. The van der Waals surface area contributed by atoms with Gasteiger partial charge >= 0.3 is 0 Å². The Morgan fingerprint density at radius 1 is 1.00 bits per heavy atom. The largest absolute Gasteiger partial charge is 0.289 e. The van der Waals surface area contributed by atoms with Gasteiger partial charge in [0.1, 0.15) is 0 Å². The molecule has 3 heteroatoms. The molecule has 0 fully saturated rings. The minimum atomic E-state index is 0.113. The molecule has 2 aromatic carbocycles. The summed E-state index contributed by atoms with van der Waals surface area (Å²) >= 11 is 3.33. The van der Waals surface area contributed by atoms with Gasteiger partial charge in [0.05, 0.1) is 9.77 Å². The zero-order valence-corrected chi connectivity index (χ0v) is 12.1. The van der Waals surface area contributed by atoms with E-state index in [9.17, 15) is 4.79 Å². The Hall–Kier alpha value is -1.58. The van der Waals surface area contributed by atoms with Gasteiger partial charge in [0, 0.05) is 15.6 Å². The van der Waals surface area contributed by atoms with Gasteiger partial charge in [-0.05, 0) is 12.3 Å². The van der Waals surface area contributed by atoms with Crippen LogP contribution in [-0.2, 0) is 0 Å². The minimum Gasteiger partial charge on any atom is -0.289 e. The summed E-state index contributed by atoms with van der Waals surface area (Å²) in [4.78, 5) is 12.7. The average Bonchev–Trinajstić information content (AvgIpc) is 2.86. The van der Waals surface area contributed by atoms with Crippen molar-refractivity contribution in [3.05, 3.63) is 65.7 Å². The SMILES string of the molecule is CSc1sc2ccccc2c1C(=O)c1ccccc1. The zero-order chi connectivity index (χ0) is 13.2. The molecule has 19 heavy (non-hydrogen) atoms. The molecule has 0 radical (unpaired) electrons. The minimum absolute atomic E-state index is 0.113. The van der Waals surface area contributed by atoms with Crippen molar-refractivity contribution in [3.8, 4) is 0 Å². The van der Waals surface area contributed by atoms with E-state index >= 15 is 0 Å². The van der Waals surface area contributed by atoms with Crippen LogP contribution in [0.3, 0.4) is 0 Å². The number of hydrogen-bond donors (Lipinski definition) is 0. The van der Waals surface area contributed by atoms with E-state index in [-0.39, 0.29) is 5.78 Å². The summed E-state index contributed by atoms with van der Waals surface area (Å²) in [6.07, 6.45) is 2.02. The fraction of sp³-hybridized carbons (Fsp3) is 0.0625. The molecule has 0 saturated heterocycles. The summed E-state index contributed by atoms with van der Waals surface area (Å²) in [5.74, 6) is 0.113. The molecule has 0 saturated carbocycles. The van der Waals surface area contributed by atoms with Crippen molar-refractivity contribution in [2.24, 2.45) is 0 Å². The van der Waals surface area contributed by atoms with Crippen molar-refractivity contribution in [2.75, 3.05) is 6.26 Å². The lowest BCUT2D eigenvalue weighted by atomic mass is 10.0. The number of carbonyl (C=O) groups is 1. The summed E-state index contributed by atoms with van der Waals surface area (Å²) in [6.45, 7) is 0. The molecule has 0 amide bonds. The quantitative estimate of drug-likeness (QED) is 0.505. The summed E-state index contributed by atoms with van der Waals surface area (Å²) in [5, 5.41) is 1.06. The van der Waals surface area contributed by atoms with E-state index in [2.05, 4.69) is 6.07 Å². The zero-order valence-electron chi connectivity index (χ0n) is 10.4. The van der Waals surface area contributed by atoms with E-state index in [1.54, 1.807) is 23.1 Å². The monoisotopic (exact) mass is 284 g/mol. The second-order valence-corrected chi connectivity index (χ2v) is 6.29. The maximum absolute atomic E-state index is 12.7. The van der Waals surface area contributed by atoms with Crippen LogP contribution in [0, 0.1) is 0 Å². The van der Waals surface area contributed by atoms with E-state index < -0.39 is 0 Å². The average molecular weight is 284 g/mol. The number of fused-ring (bicyclic) bond motifs is 1. The molecule has 0 atom stereocenters. The van der Waals surface area contributed by atoms with Gasteiger partial charge in [0.15, 0.2) is 5.78 Å². The van der Waals surface area contributed by atoms with Gasteiger partial charge in [-0.1, -0.05) is 48.5 Å². The molecule has 0 aliphatic heterocycles. The van der Waals surface area contributed by atoms with Crippen molar-refractivity contribution in [1.82, 2.24) is 0 Å². The van der Waals surface area contributed by atoms with Gasteiger partial charge in [0.2, 0.25) is 0 Å². The Balaban J connectivity index is 2.21. The molecule has 1 aromatic heterocycles. The first-order chi connectivity index (χ1) is 9.31. The van der Waals surface area contributed by atoms with Crippen LogP contribution < -0.4 is 0 Å². The number of thioether (sulfide) groups is 1. The molecule has 1 nitrogen and oxygen atoms in total. The van der Waals surface area contributed by atoms with Crippen LogP contribution in [-0.4, -0.2) is 12.0 Å². The lowest BCUT2D eigenvalue weighted by Crippen LogP contribution is -2.01. The number of rotatable bonds is 3. The van der Waals surface area contributed by atoms with Crippen molar-refractivity contribution >= 4 is 39.0 Å². The maximum Gasteiger partial charge on any atom is 0.195 e. The van der Waals surface area contributed by atoms with Crippen molar-refractivity contribution in [3.63, 3.8) is 0 Å². The van der Waals surface area contributed by atoms with Crippen LogP contribution in [0.2, 0.25) is 0 Å². The molecule has 3 aromatic rings. The van der Waals surface area contributed by atoms with Crippen LogP contribution in [0.25, 0.3) is 10.1 Å². The van der Waals surface area contributed by atoms with Gasteiger partial charge in [-0.2, -0.15) is 0 Å². The molecular formula is C16H12OS2. The molecule has 1 heterocycles. The summed E-state index contributed by atoms with van der Waals surface area (Å²) in [6, 6.07) is 17.6. The second-order valence-electron chi connectivity index (χ2n) is 4.16. The highest BCUT2D eigenvalue weighted by Gasteiger charge is 2.19. The third kappa shape index (κ3) is 2.20. The van der Waals surface area contributed by atoms with E-state index in [1.165, 1.54) is 4.70 Å². The fourth-order valence-corrected chi connectivity index (χ4v) is 4.06. The Morgan fingerprint density at radius 3 is 2.42 bits per heavy atom. The van der Waals surface area contributed by atoms with E-state index in [1.807, 2.05) is 54.8 Å². The molecule has 0 spiro atoms. The highest BCUT2D eigenvalue weighted by Crippen LogP contribution is 2.38. The third-order valence-electron chi connectivity index (χ3n) is 3.01. The molecule has 0 bridgehead atoms. The van der Waals surface area contributed by atoms with E-state index in [0.717, 1.165) is 20.7 Å². The third-order valence-corrected chi connectivity index (χ3v) is 5.30. The normalized spacial score (nSPS) is 10.8. The van der Waals surface area contributed by atoms with Crippen molar-refractivity contribution in [2.45, 2.75) is 4.21 Å². The number of ketones is 1. The smallest absolute Gasteiger partial charge is 0.195 e. The number of hydrogen-bond acceptors (Lipinski definition) is 3. The van der Waals surface area contributed by atoms with Crippen LogP contribution in [0.15, 0.2) is 58.8 Å². The standard InChI is InChI=1S/C16H12OS2/c1-18-16-14(12-9-5-6-10-13(12)19-16)15(17)11-7-3-2-4-8-11/h2-10H,1H3. The summed E-state index contributed by atoms with van der Waals surface area (Å²) in [7, 11) is 0. The maximum atomic E-state index is 12.7. The second kappa shape index (κ2) is 5.19. The van der Waals surface area contributed by atoms with E-state index in [0.29, 0.717) is 0 Å². The van der Waals surface area contributed by atoms with Crippen LogP contribution in [0.4, 0.5) is 0 Å². The van der Waals surface area contributed by atoms with E-state index in [4.69, 9.17) is 0 Å². The fourth-order valence-electron chi connectivity index (χ4n) is 2.12. The summed E-state index contributed by atoms with van der Waals surface area (Å²) < 4.78 is 2.26. The van der Waals surface area contributed by atoms with Gasteiger partial charge in [-0.3, -0.25) is 4.79 Å². The highest BCUT2D eigenvalue weighted by molar-refractivity contribution is 8.00. The molecule has 3 rings (SSSR count). The molecule has 0 N–H and O–H groups in total. The molecule has 0 aliphatic rings. The van der Waals surface area contributed by atoms with Gasteiger partial charge < -0.3 is 0 Å². The lowest BCUT2D eigenvalue weighted by Gasteiger charge is -2.02. The van der Waals surface area contributed by atoms with Crippen LogP contribution in [0.5, 0.6) is 0 Å². The van der Waals surface area contributed by atoms with Crippen LogP contribution >= 0.6 is 23.1 Å². The first-order valence-corrected chi connectivity index (χ1v) is 8.00. The molecule has 94 valence electrons. The summed E-state index contributed by atoms with van der Waals surface area (Å²) in [5.41, 5.74) is 1.60. The highest BCUT2D eigenvalue weighted by atomic mass is 32.2. The molecule has 0 unspecified atom stereocenters. The van der Waals surface area contributed by atoms with Gasteiger partial charge in [-0.25, -0.2) is 0 Å². The topological polar surface area (TPSA) is 17.1 Å². The molecular weight excluding hydrogens is 272 g/mol. The lowest BCUT2D eigenvalue weighted by molar-refractivity contribution is 0.103. The Kier molecular flexibility index (Phi) is 3.40. The first kappa shape index (κ1) is 12.5. The first-order valence-electron chi connectivity index (χ1n) is 5.96. The van der Waals surface area contributed by atoms with Crippen molar-refractivity contribution in [1.29, 1.82) is 0 Å². The predicted octanol–water partition coefficient (Wildman–Crippen LogP) is 4.85. The van der Waals surface area contributed by atoms with Gasteiger partial charge in [0.25, 0.3) is 0 Å². The number of thiophene rings is 1. The number of benzene rings is 2.